The molecule has 3 heterocycles. The van der Waals surface area contributed by atoms with E-state index in [1.807, 2.05) is 18.2 Å². The molecule has 2 aliphatic heterocycles. The van der Waals surface area contributed by atoms with Crippen LogP contribution in [0, 0.1) is 0 Å². The fourth-order valence-corrected chi connectivity index (χ4v) is 7.00. The average molecular weight is 609 g/mol. The molecule has 2 atom stereocenters. The van der Waals surface area contributed by atoms with Crippen molar-refractivity contribution in [3.63, 3.8) is 0 Å². The zero-order chi connectivity index (χ0) is 31.3. The van der Waals surface area contributed by atoms with Gasteiger partial charge in [0.15, 0.2) is 12.0 Å². The lowest BCUT2D eigenvalue weighted by molar-refractivity contribution is 0.238. The molecular formula is C42H32N4O. The van der Waals surface area contributed by atoms with E-state index < -0.39 is 0 Å². The monoisotopic (exact) mass is 608 g/mol. The van der Waals surface area contributed by atoms with Crippen LogP contribution in [0.2, 0.25) is 0 Å². The molecule has 0 bridgehead atoms. The van der Waals surface area contributed by atoms with Crippen molar-refractivity contribution in [1.82, 2.24) is 9.88 Å². The number of amidine groups is 1. The van der Waals surface area contributed by atoms with Gasteiger partial charge in [0.1, 0.15) is 5.84 Å². The minimum atomic E-state index is -0.176. The van der Waals surface area contributed by atoms with E-state index in [4.69, 9.17) is 9.73 Å². The Labute approximate surface area is 273 Å². The molecule has 0 amide bonds. The van der Waals surface area contributed by atoms with Crippen LogP contribution in [0.5, 0.6) is 5.75 Å². The predicted molar refractivity (Wildman–Crippen MR) is 192 cm³/mol. The first-order chi connectivity index (χ1) is 23.2. The highest BCUT2D eigenvalue weighted by Gasteiger charge is 2.32. The third-order valence-corrected chi connectivity index (χ3v) is 9.26. The number of hydrogen-bond donors (Lipinski definition) is 1. The quantitative estimate of drug-likeness (QED) is 0.212. The third kappa shape index (κ3) is 4.59. The summed E-state index contributed by atoms with van der Waals surface area (Å²) in [4.78, 5) is 7.46. The van der Waals surface area contributed by atoms with Crippen molar-refractivity contribution >= 4 is 39.0 Å². The number of anilines is 1. The minimum absolute atomic E-state index is 0.164. The van der Waals surface area contributed by atoms with Gasteiger partial charge in [-0.3, -0.25) is 4.99 Å². The lowest BCUT2D eigenvalue weighted by atomic mass is 10.00. The van der Waals surface area contributed by atoms with Crippen LogP contribution in [0.3, 0.4) is 0 Å². The van der Waals surface area contributed by atoms with E-state index >= 15 is 0 Å². The van der Waals surface area contributed by atoms with E-state index in [2.05, 4.69) is 161 Å². The second kappa shape index (κ2) is 11.1. The molecule has 0 spiro atoms. The van der Waals surface area contributed by atoms with Gasteiger partial charge in [0.25, 0.3) is 0 Å². The summed E-state index contributed by atoms with van der Waals surface area (Å²) in [6.45, 7) is 0. The second-order valence-electron chi connectivity index (χ2n) is 12.1. The van der Waals surface area contributed by atoms with Crippen LogP contribution >= 0.6 is 0 Å². The molecule has 47 heavy (non-hydrogen) atoms. The van der Waals surface area contributed by atoms with Crippen molar-refractivity contribution in [1.29, 1.82) is 0 Å². The highest BCUT2D eigenvalue weighted by Crippen LogP contribution is 2.50. The summed E-state index contributed by atoms with van der Waals surface area (Å²) in [5, 5.41) is 5.91. The number of aliphatic imine (C=N–C) groups is 1. The molecule has 6 aromatic carbocycles. The molecule has 0 radical (unpaired) electrons. The molecule has 2 unspecified atom stereocenters. The molecule has 7 aromatic rings. The molecule has 1 N–H and O–H groups in total. The van der Waals surface area contributed by atoms with Gasteiger partial charge < -0.3 is 19.5 Å². The number of fused-ring (bicyclic) bond motifs is 5. The Balaban J connectivity index is 1.18. The number of ether oxygens (including phenoxy) is 1. The Morgan fingerprint density at radius 1 is 0.638 bits per heavy atom. The molecule has 0 aliphatic carbocycles. The Kier molecular flexibility index (Phi) is 6.42. The van der Waals surface area contributed by atoms with Gasteiger partial charge in [0, 0.05) is 34.9 Å². The van der Waals surface area contributed by atoms with E-state index in [9.17, 15) is 0 Å². The summed E-state index contributed by atoms with van der Waals surface area (Å²) in [6.07, 6.45) is 2.05. The van der Waals surface area contributed by atoms with Gasteiger partial charge in [-0.05, 0) is 47.5 Å². The van der Waals surface area contributed by atoms with Crippen LogP contribution in [0.1, 0.15) is 34.5 Å². The SMILES string of the molecule is CN1c2ccc3c(c2OC1c1ccccc1)c1ccccc1n3-c1cccc(C2C=C(c3ccccc3)NC(c3ccccc3)=N2)c1. The number of aromatic nitrogens is 1. The van der Waals surface area contributed by atoms with Crippen molar-refractivity contribution < 1.29 is 4.74 Å². The first kappa shape index (κ1) is 27.3. The molecule has 5 nitrogen and oxygen atoms in total. The maximum Gasteiger partial charge on any atom is 0.198 e. The number of para-hydroxylation sites is 1. The molecular weight excluding hydrogens is 576 g/mol. The standard InChI is InChI=1S/C42H32N4O/c1-45-38-25-24-37-39(40(38)47-42(45)30-18-9-4-10-19-30)33-22-11-12-23-36(33)46(37)32-21-13-20-31(26-32)35-27-34(28-14-5-2-6-15-28)43-41(44-35)29-16-7-3-8-17-29/h2-27,35,42H,1H3,(H,43,44). The molecule has 2 aliphatic rings. The summed E-state index contributed by atoms with van der Waals surface area (Å²) in [5.74, 6) is 1.79. The first-order valence-electron chi connectivity index (χ1n) is 16.0. The van der Waals surface area contributed by atoms with Crippen LogP contribution in [0.15, 0.2) is 163 Å². The van der Waals surface area contributed by atoms with E-state index in [0.29, 0.717) is 0 Å². The average Bonchev–Trinajstić information content (AvgIpc) is 3.67. The molecule has 0 fully saturated rings. The third-order valence-electron chi connectivity index (χ3n) is 9.26. The van der Waals surface area contributed by atoms with Crippen molar-refractivity contribution in [2.75, 3.05) is 11.9 Å². The van der Waals surface area contributed by atoms with Gasteiger partial charge in [0.2, 0.25) is 0 Å². The van der Waals surface area contributed by atoms with Crippen molar-refractivity contribution in [2.45, 2.75) is 12.3 Å². The Bertz CT molecular complexity index is 2270. The fraction of sp³-hybridized carbons (Fsp3) is 0.0714. The number of rotatable bonds is 5. The van der Waals surface area contributed by atoms with Gasteiger partial charge in [-0.15, -0.1) is 0 Å². The zero-order valence-electron chi connectivity index (χ0n) is 25.9. The smallest absolute Gasteiger partial charge is 0.198 e. The Morgan fingerprint density at radius 2 is 1.32 bits per heavy atom. The first-order valence-corrected chi connectivity index (χ1v) is 16.0. The van der Waals surface area contributed by atoms with Crippen LogP contribution in [0.25, 0.3) is 33.2 Å². The highest BCUT2D eigenvalue weighted by molar-refractivity contribution is 6.14. The summed E-state index contributed by atoms with van der Waals surface area (Å²) >= 11 is 0. The predicted octanol–water partition coefficient (Wildman–Crippen LogP) is 9.44. The van der Waals surface area contributed by atoms with E-state index in [0.717, 1.165) is 67.3 Å². The Hall–Kier alpha value is -6.07. The zero-order valence-corrected chi connectivity index (χ0v) is 25.9. The summed E-state index contributed by atoms with van der Waals surface area (Å²) in [5.41, 5.74) is 9.94. The molecule has 5 heteroatoms. The number of nitrogens with one attached hydrogen (secondary N) is 1. The van der Waals surface area contributed by atoms with Gasteiger partial charge >= 0.3 is 0 Å². The largest absolute Gasteiger partial charge is 0.463 e. The topological polar surface area (TPSA) is 41.8 Å². The maximum atomic E-state index is 6.78. The van der Waals surface area contributed by atoms with Gasteiger partial charge in [-0.2, -0.15) is 0 Å². The van der Waals surface area contributed by atoms with Gasteiger partial charge in [0.05, 0.1) is 28.1 Å². The summed E-state index contributed by atoms with van der Waals surface area (Å²) in [7, 11) is 2.11. The number of hydrogen-bond acceptors (Lipinski definition) is 4. The lowest BCUT2D eigenvalue weighted by Crippen LogP contribution is -2.27. The minimum Gasteiger partial charge on any atom is -0.463 e. The van der Waals surface area contributed by atoms with Crippen molar-refractivity contribution in [3.8, 4) is 11.4 Å². The molecule has 9 rings (SSSR count). The van der Waals surface area contributed by atoms with Crippen LogP contribution in [-0.2, 0) is 0 Å². The number of benzene rings is 6. The van der Waals surface area contributed by atoms with E-state index in [-0.39, 0.29) is 12.3 Å². The van der Waals surface area contributed by atoms with Crippen LogP contribution in [0.4, 0.5) is 5.69 Å². The van der Waals surface area contributed by atoms with Crippen molar-refractivity contribution in [3.05, 3.63) is 180 Å². The molecule has 1 aromatic heterocycles. The number of nitrogens with zero attached hydrogens (tertiary/aromatic N) is 3. The van der Waals surface area contributed by atoms with Gasteiger partial charge in [-0.25, -0.2) is 0 Å². The Morgan fingerprint density at radius 3 is 2.11 bits per heavy atom. The van der Waals surface area contributed by atoms with E-state index in [1.165, 1.54) is 5.39 Å². The normalized spacial score (nSPS) is 17.2. The second-order valence-corrected chi connectivity index (χ2v) is 12.1. The van der Waals surface area contributed by atoms with Crippen LogP contribution < -0.4 is 15.0 Å². The maximum absolute atomic E-state index is 6.78. The van der Waals surface area contributed by atoms with Crippen LogP contribution in [-0.4, -0.2) is 17.5 Å². The van der Waals surface area contributed by atoms with Crippen molar-refractivity contribution in [2.24, 2.45) is 4.99 Å². The highest BCUT2D eigenvalue weighted by atomic mass is 16.5. The van der Waals surface area contributed by atoms with E-state index in [1.54, 1.807) is 0 Å². The molecule has 226 valence electrons. The lowest BCUT2D eigenvalue weighted by Gasteiger charge is -2.23. The molecule has 0 saturated carbocycles. The van der Waals surface area contributed by atoms with Gasteiger partial charge in [-0.1, -0.05) is 121 Å². The summed E-state index contributed by atoms with van der Waals surface area (Å²) in [6, 6.07) is 52.9. The fourth-order valence-electron chi connectivity index (χ4n) is 7.00. The molecule has 0 saturated heterocycles. The summed E-state index contributed by atoms with van der Waals surface area (Å²) < 4.78 is 9.14.